The Morgan fingerprint density at radius 3 is 2.52 bits per heavy atom. The van der Waals surface area contributed by atoms with Crippen LogP contribution in [0.1, 0.15) is 18.2 Å². The normalized spacial score (nSPS) is 15.0. The molecule has 3 aromatic rings. The molecular formula is C24H29N5. The van der Waals surface area contributed by atoms with Gasteiger partial charge in [0.25, 0.3) is 0 Å². The third-order valence-corrected chi connectivity index (χ3v) is 5.52. The van der Waals surface area contributed by atoms with Gasteiger partial charge in [0.15, 0.2) is 5.65 Å². The first kappa shape index (κ1) is 19.4. The van der Waals surface area contributed by atoms with E-state index in [-0.39, 0.29) is 0 Å². The lowest BCUT2D eigenvalue weighted by atomic mass is 10.1. The number of nitrogens with zero attached hydrogens (tertiary/aromatic N) is 5. The molecule has 0 aliphatic carbocycles. The number of aryl methyl sites for hydroxylation is 1. The minimum atomic E-state index is 0.788. The van der Waals surface area contributed by atoms with Crippen LogP contribution in [0, 0.1) is 6.92 Å². The van der Waals surface area contributed by atoms with Crippen molar-refractivity contribution in [1.29, 1.82) is 0 Å². The molecule has 0 radical (unpaired) electrons. The summed E-state index contributed by atoms with van der Waals surface area (Å²) < 4.78 is 2.03. The first-order chi connectivity index (χ1) is 14.1. The van der Waals surface area contributed by atoms with Gasteiger partial charge >= 0.3 is 0 Å². The van der Waals surface area contributed by atoms with Crippen LogP contribution in [-0.2, 0) is 6.42 Å². The van der Waals surface area contributed by atoms with Gasteiger partial charge in [-0.3, -0.25) is 4.90 Å². The molecule has 0 N–H and O–H groups in total. The maximum Gasteiger partial charge on any atom is 0.165 e. The molecule has 1 saturated heterocycles. The van der Waals surface area contributed by atoms with Crippen LogP contribution < -0.4 is 4.90 Å². The number of hydrogen-bond acceptors (Lipinski definition) is 4. The first-order valence-electron chi connectivity index (χ1n) is 10.2. The van der Waals surface area contributed by atoms with Crippen LogP contribution in [0.5, 0.6) is 0 Å². The highest BCUT2D eigenvalue weighted by Gasteiger charge is 2.24. The molecule has 4 rings (SSSR count). The van der Waals surface area contributed by atoms with E-state index in [1.54, 1.807) is 0 Å². The Labute approximate surface area is 173 Å². The van der Waals surface area contributed by atoms with Crippen LogP contribution in [0.2, 0.25) is 0 Å². The van der Waals surface area contributed by atoms with Crippen LogP contribution in [0.25, 0.3) is 16.8 Å². The molecule has 1 fully saturated rings. The van der Waals surface area contributed by atoms with E-state index in [0.717, 1.165) is 67.4 Å². The van der Waals surface area contributed by atoms with E-state index >= 15 is 0 Å². The van der Waals surface area contributed by atoms with Crippen molar-refractivity contribution in [2.45, 2.75) is 20.3 Å². The van der Waals surface area contributed by atoms with Crippen molar-refractivity contribution in [3.05, 3.63) is 72.6 Å². The summed E-state index contributed by atoms with van der Waals surface area (Å²) in [4.78, 5) is 9.87. The Morgan fingerprint density at radius 2 is 1.86 bits per heavy atom. The highest BCUT2D eigenvalue weighted by molar-refractivity contribution is 5.79. The second kappa shape index (κ2) is 8.21. The van der Waals surface area contributed by atoms with Crippen molar-refractivity contribution >= 4 is 11.5 Å². The second-order valence-electron chi connectivity index (χ2n) is 7.87. The molecule has 1 aromatic carbocycles. The Hall–Kier alpha value is -2.92. The molecule has 0 spiro atoms. The molecule has 0 amide bonds. The van der Waals surface area contributed by atoms with Gasteiger partial charge in [-0.15, -0.1) is 6.58 Å². The number of anilines is 1. The van der Waals surface area contributed by atoms with Crippen LogP contribution in [0.15, 0.2) is 61.3 Å². The monoisotopic (exact) mass is 387 g/mol. The van der Waals surface area contributed by atoms with E-state index in [0.29, 0.717) is 0 Å². The molecule has 3 heterocycles. The summed E-state index contributed by atoms with van der Waals surface area (Å²) >= 11 is 0. The van der Waals surface area contributed by atoms with Crippen molar-refractivity contribution in [3.63, 3.8) is 0 Å². The lowest BCUT2D eigenvalue weighted by Crippen LogP contribution is -2.47. The van der Waals surface area contributed by atoms with E-state index in [9.17, 15) is 0 Å². The fourth-order valence-electron chi connectivity index (χ4n) is 4.15. The van der Waals surface area contributed by atoms with Crippen molar-refractivity contribution in [1.82, 2.24) is 19.5 Å². The Morgan fingerprint density at radius 1 is 1.14 bits per heavy atom. The molecule has 0 saturated carbocycles. The van der Waals surface area contributed by atoms with Crippen molar-refractivity contribution in [2.24, 2.45) is 0 Å². The molecule has 2 aromatic heterocycles. The lowest BCUT2D eigenvalue weighted by molar-refractivity contribution is 0.277. The summed E-state index contributed by atoms with van der Waals surface area (Å²) in [6.45, 7) is 17.2. The fourth-order valence-corrected chi connectivity index (χ4v) is 4.15. The molecule has 0 bridgehead atoms. The van der Waals surface area contributed by atoms with E-state index in [2.05, 4.69) is 61.1 Å². The fraction of sp³-hybridized carbons (Fsp3) is 0.333. The van der Waals surface area contributed by atoms with Crippen LogP contribution in [0.4, 0.5) is 5.82 Å². The Kier molecular flexibility index (Phi) is 5.49. The van der Waals surface area contributed by atoms with Crippen molar-refractivity contribution < 1.29 is 0 Å². The molecule has 1 aliphatic heterocycles. The molecular weight excluding hydrogens is 358 g/mol. The molecule has 0 atom stereocenters. The summed E-state index contributed by atoms with van der Waals surface area (Å²) in [5.74, 6) is 1.16. The zero-order valence-electron chi connectivity index (χ0n) is 17.4. The van der Waals surface area contributed by atoms with Gasteiger partial charge < -0.3 is 4.90 Å². The van der Waals surface area contributed by atoms with E-state index in [4.69, 9.17) is 10.1 Å². The molecule has 5 nitrogen and oxygen atoms in total. The van der Waals surface area contributed by atoms with Gasteiger partial charge in [0.05, 0.1) is 6.20 Å². The average Bonchev–Trinajstić information content (AvgIpc) is 3.13. The lowest BCUT2D eigenvalue weighted by Gasteiger charge is -2.37. The summed E-state index contributed by atoms with van der Waals surface area (Å²) in [5, 5.41) is 4.77. The minimum Gasteiger partial charge on any atom is -0.354 e. The molecule has 5 heteroatoms. The van der Waals surface area contributed by atoms with E-state index in [1.807, 2.05) is 22.9 Å². The van der Waals surface area contributed by atoms with Gasteiger partial charge in [-0.25, -0.2) is 4.98 Å². The second-order valence-corrected chi connectivity index (χ2v) is 7.87. The average molecular weight is 388 g/mol. The van der Waals surface area contributed by atoms with Crippen LogP contribution >= 0.6 is 0 Å². The van der Waals surface area contributed by atoms with Crippen molar-refractivity contribution in [2.75, 3.05) is 37.6 Å². The number of fused-ring (bicyclic) bond motifs is 1. The van der Waals surface area contributed by atoms with Gasteiger partial charge in [0, 0.05) is 49.5 Å². The SMILES string of the molecule is C=CCc1c(C)nc2c(-c3ccccc3)cnn2c1N1CCN(CC(=C)C)CC1. The van der Waals surface area contributed by atoms with E-state index in [1.165, 1.54) is 11.1 Å². The minimum absolute atomic E-state index is 0.788. The Bertz CT molecular complexity index is 1030. The van der Waals surface area contributed by atoms with Crippen LogP contribution in [-0.4, -0.2) is 52.2 Å². The predicted octanol–water partition coefficient (Wildman–Crippen LogP) is 4.13. The zero-order valence-corrected chi connectivity index (χ0v) is 17.4. The quantitative estimate of drug-likeness (QED) is 0.596. The van der Waals surface area contributed by atoms with Gasteiger partial charge in [-0.1, -0.05) is 48.6 Å². The molecule has 29 heavy (non-hydrogen) atoms. The van der Waals surface area contributed by atoms with E-state index < -0.39 is 0 Å². The number of allylic oxidation sites excluding steroid dienone is 1. The topological polar surface area (TPSA) is 36.7 Å². The van der Waals surface area contributed by atoms with Crippen LogP contribution in [0.3, 0.4) is 0 Å². The highest BCUT2D eigenvalue weighted by Crippen LogP contribution is 2.31. The third kappa shape index (κ3) is 3.83. The largest absolute Gasteiger partial charge is 0.354 e. The summed E-state index contributed by atoms with van der Waals surface area (Å²) in [6, 6.07) is 10.4. The van der Waals surface area contributed by atoms with Crippen molar-refractivity contribution in [3.8, 4) is 11.1 Å². The maximum atomic E-state index is 4.94. The van der Waals surface area contributed by atoms with Gasteiger partial charge in [-0.2, -0.15) is 9.61 Å². The number of rotatable bonds is 6. The van der Waals surface area contributed by atoms with Gasteiger partial charge in [-0.05, 0) is 25.8 Å². The Balaban J connectivity index is 1.77. The van der Waals surface area contributed by atoms with Gasteiger partial charge in [0.2, 0.25) is 0 Å². The molecule has 0 unspecified atom stereocenters. The predicted molar refractivity (Wildman–Crippen MR) is 121 cm³/mol. The first-order valence-corrected chi connectivity index (χ1v) is 10.2. The number of piperazine rings is 1. The smallest absolute Gasteiger partial charge is 0.165 e. The summed E-state index contributed by atoms with van der Waals surface area (Å²) in [7, 11) is 0. The maximum absolute atomic E-state index is 4.94. The molecule has 1 aliphatic rings. The number of benzene rings is 1. The number of hydrogen-bond donors (Lipinski definition) is 0. The van der Waals surface area contributed by atoms with Gasteiger partial charge in [0.1, 0.15) is 5.82 Å². The third-order valence-electron chi connectivity index (χ3n) is 5.52. The number of aromatic nitrogens is 3. The zero-order chi connectivity index (χ0) is 20.4. The highest BCUT2D eigenvalue weighted by atomic mass is 15.4. The summed E-state index contributed by atoms with van der Waals surface area (Å²) in [5.41, 5.74) is 6.61. The molecule has 150 valence electrons. The summed E-state index contributed by atoms with van der Waals surface area (Å²) in [6.07, 6.45) is 4.69. The standard InChI is InChI=1S/C24H29N5/c1-5-9-21-19(4)26-23-22(20-10-7-6-8-11-20)16-25-29(23)24(21)28-14-12-27(13-15-28)17-18(2)3/h5-8,10-11,16H,1-2,9,12-15,17H2,3-4H3.